The van der Waals surface area contributed by atoms with E-state index < -0.39 is 5.97 Å². The fraction of sp³-hybridized carbons (Fsp3) is 0.412. The lowest BCUT2D eigenvalue weighted by molar-refractivity contribution is 0.0601. The van der Waals surface area contributed by atoms with Gasteiger partial charge in [0.25, 0.3) is 0 Å². The first-order chi connectivity index (χ1) is 11.6. The van der Waals surface area contributed by atoms with E-state index in [-0.39, 0.29) is 5.41 Å². The molecule has 1 aliphatic carbocycles. The molecule has 7 heteroatoms. The quantitative estimate of drug-likeness (QED) is 0.793. The van der Waals surface area contributed by atoms with Gasteiger partial charge in [-0.2, -0.15) is 5.26 Å². The molecule has 0 N–H and O–H groups in total. The monoisotopic (exact) mass is 344 g/mol. The van der Waals surface area contributed by atoms with Crippen molar-refractivity contribution in [3.63, 3.8) is 0 Å². The largest absolute Gasteiger partial charge is 0.465 e. The van der Waals surface area contributed by atoms with Crippen molar-refractivity contribution in [3.05, 3.63) is 35.0 Å². The highest BCUT2D eigenvalue weighted by molar-refractivity contribution is 6.31. The molecular weight excluding hydrogens is 328 g/mol. The molecule has 0 bridgehead atoms. The van der Waals surface area contributed by atoms with Gasteiger partial charge in [-0.1, -0.05) is 35.7 Å². The summed E-state index contributed by atoms with van der Waals surface area (Å²) in [5.74, 6) is -0.480. The van der Waals surface area contributed by atoms with Crippen molar-refractivity contribution in [1.29, 1.82) is 5.26 Å². The van der Waals surface area contributed by atoms with Crippen LogP contribution < -0.4 is 0 Å². The molecule has 1 aromatic heterocycles. The predicted molar refractivity (Wildman–Crippen MR) is 88.3 cm³/mol. The SMILES string of the molecule is COC(=O)c1cc(Cl)ccc1-c1cn(CC2(C#N)CCCC2)nn1. The lowest BCUT2D eigenvalue weighted by Crippen LogP contribution is -2.21. The molecule has 1 aliphatic rings. The summed E-state index contributed by atoms with van der Waals surface area (Å²) in [6.45, 7) is 0.512. The maximum Gasteiger partial charge on any atom is 0.338 e. The smallest absolute Gasteiger partial charge is 0.338 e. The minimum absolute atomic E-state index is 0.341. The fourth-order valence-corrected chi connectivity index (χ4v) is 3.36. The van der Waals surface area contributed by atoms with Crippen LogP contribution in [0.1, 0.15) is 36.0 Å². The number of aromatic nitrogens is 3. The highest BCUT2D eigenvalue weighted by Crippen LogP contribution is 2.39. The summed E-state index contributed by atoms with van der Waals surface area (Å²) in [5, 5.41) is 18.2. The van der Waals surface area contributed by atoms with Gasteiger partial charge in [0.1, 0.15) is 5.69 Å². The molecule has 24 heavy (non-hydrogen) atoms. The van der Waals surface area contributed by atoms with E-state index in [4.69, 9.17) is 16.3 Å². The van der Waals surface area contributed by atoms with Crippen molar-refractivity contribution in [1.82, 2.24) is 15.0 Å². The average Bonchev–Trinajstić information content (AvgIpc) is 3.24. The van der Waals surface area contributed by atoms with Gasteiger partial charge in [-0.05, 0) is 25.0 Å². The summed E-state index contributed by atoms with van der Waals surface area (Å²) in [5.41, 5.74) is 1.14. The molecule has 6 nitrogen and oxygen atoms in total. The summed E-state index contributed by atoms with van der Waals surface area (Å²) in [6, 6.07) is 7.40. The van der Waals surface area contributed by atoms with Crippen LogP contribution in [-0.2, 0) is 11.3 Å². The van der Waals surface area contributed by atoms with Crippen molar-refractivity contribution in [2.24, 2.45) is 5.41 Å². The molecule has 3 rings (SSSR count). The summed E-state index contributed by atoms with van der Waals surface area (Å²) < 4.78 is 6.49. The van der Waals surface area contributed by atoms with Gasteiger partial charge in [-0.15, -0.1) is 5.10 Å². The van der Waals surface area contributed by atoms with E-state index in [2.05, 4.69) is 16.4 Å². The summed E-state index contributed by atoms with van der Waals surface area (Å²) in [7, 11) is 1.32. The Balaban J connectivity index is 1.91. The van der Waals surface area contributed by atoms with Gasteiger partial charge >= 0.3 is 5.97 Å². The van der Waals surface area contributed by atoms with E-state index >= 15 is 0 Å². The highest BCUT2D eigenvalue weighted by Gasteiger charge is 2.34. The third-order valence-electron chi connectivity index (χ3n) is 4.46. The standard InChI is InChI=1S/C17H17ClN4O2/c1-24-16(23)14-8-12(18)4-5-13(14)15-9-22(21-20-15)11-17(10-19)6-2-3-7-17/h4-5,8-9H,2-3,6-7,11H2,1H3. The zero-order valence-corrected chi connectivity index (χ0v) is 14.1. The molecule has 1 saturated carbocycles. The normalized spacial score (nSPS) is 15.9. The second-order valence-electron chi connectivity index (χ2n) is 6.08. The molecule has 1 aromatic carbocycles. The number of rotatable bonds is 4. The third-order valence-corrected chi connectivity index (χ3v) is 4.70. The van der Waals surface area contributed by atoms with Crippen molar-refractivity contribution in [2.75, 3.05) is 7.11 Å². The number of hydrogen-bond acceptors (Lipinski definition) is 5. The topological polar surface area (TPSA) is 80.8 Å². The number of carbonyl (C=O) groups excluding carboxylic acids is 1. The number of ether oxygens (including phenoxy) is 1. The van der Waals surface area contributed by atoms with Crippen molar-refractivity contribution in [2.45, 2.75) is 32.2 Å². The summed E-state index contributed by atoms with van der Waals surface area (Å²) in [6.07, 6.45) is 5.66. The molecule has 1 heterocycles. The molecule has 0 radical (unpaired) electrons. The minimum Gasteiger partial charge on any atom is -0.465 e. The number of halogens is 1. The first kappa shape index (κ1) is 16.5. The summed E-state index contributed by atoms with van der Waals surface area (Å²) in [4.78, 5) is 12.0. The molecule has 124 valence electrons. The molecule has 0 aliphatic heterocycles. The Morgan fingerprint density at radius 2 is 2.21 bits per heavy atom. The van der Waals surface area contributed by atoms with Crippen molar-refractivity contribution >= 4 is 17.6 Å². The maximum atomic E-state index is 12.0. The number of hydrogen-bond donors (Lipinski definition) is 0. The van der Waals surface area contributed by atoms with Gasteiger partial charge in [0.05, 0.1) is 36.9 Å². The molecule has 0 unspecified atom stereocenters. The van der Waals surface area contributed by atoms with Gasteiger partial charge in [-0.25, -0.2) is 4.79 Å². The van der Waals surface area contributed by atoms with Crippen LogP contribution in [0.5, 0.6) is 0 Å². The molecule has 0 atom stereocenters. The number of nitriles is 1. The Morgan fingerprint density at radius 1 is 1.46 bits per heavy atom. The van der Waals surface area contributed by atoms with Gasteiger partial charge in [0.15, 0.2) is 0 Å². The molecular formula is C17H17ClN4O2. The van der Waals surface area contributed by atoms with Crippen LogP contribution in [0.15, 0.2) is 24.4 Å². The number of esters is 1. The van der Waals surface area contributed by atoms with Gasteiger partial charge < -0.3 is 4.74 Å². The Hall–Kier alpha value is -2.39. The highest BCUT2D eigenvalue weighted by atomic mass is 35.5. The van der Waals surface area contributed by atoms with E-state index in [0.29, 0.717) is 28.4 Å². The Kier molecular flexibility index (Phi) is 4.54. The molecule has 1 fully saturated rings. The Labute approximate surface area is 145 Å². The van der Waals surface area contributed by atoms with Crippen LogP contribution in [-0.4, -0.2) is 28.1 Å². The van der Waals surface area contributed by atoms with Gasteiger partial charge in [0.2, 0.25) is 0 Å². The first-order valence-electron chi connectivity index (χ1n) is 7.76. The van der Waals surface area contributed by atoms with Gasteiger partial charge in [0, 0.05) is 10.6 Å². The predicted octanol–water partition coefficient (Wildman–Crippen LogP) is 3.47. The molecule has 0 spiro atoms. The lowest BCUT2D eigenvalue weighted by Gasteiger charge is -2.18. The van der Waals surface area contributed by atoms with E-state index in [1.165, 1.54) is 7.11 Å². The zero-order chi connectivity index (χ0) is 17.2. The van der Waals surface area contributed by atoms with Crippen LogP contribution in [0, 0.1) is 16.7 Å². The average molecular weight is 345 g/mol. The molecule has 0 saturated heterocycles. The third kappa shape index (κ3) is 3.13. The second kappa shape index (κ2) is 6.62. The van der Waals surface area contributed by atoms with Gasteiger partial charge in [-0.3, -0.25) is 4.68 Å². The maximum absolute atomic E-state index is 12.0. The zero-order valence-electron chi connectivity index (χ0n) is 13.3. The van der Waals surface area contributed by atoms with Crippen LogP contribution in [0.4, 0.5) is 0 Å². The van der Waals surface area contributed by atoms with Crippen LogP contribution in [0.25, 0.3) is 11.3 Å². The molecule has 2 aromatic rings. The lowest BCUT2D eigenvalue weighted by atomic mass is 9.88. The van der Waals surface area contributed by atoms with E-state index in [1.807, 2.05) is 0 Å². The van der Waals surface area contributed by atoms with Crippen molar-refractivity contribution in [3.8, 4) is 17.3 Å². The number of nitrogens with zero attached hydrogens (tertiary/aromatic N) is 4. The number of benzene rings is 1. The number of methoxy groups -OCH3 is 1. The Morgan fingerprint density at radius 3 is 2.88 bits per heavy atom. The van der Waals surface area contributed by atoms with Crippen LogP contribution in [0.3, 0.4) is 0 Å². The number of carbonyl (C=O) groups is 1. The van der Waals surface area contributed by atoms with Crippen LogP contribution >= 0.6 is 11.6 Å². The fourth-order valence-electron chi connectivity index (χ4n) is 3.18. The van der Waals surface area contributed by atoms with E-state index in [0.717, 1.165) is 25.7 Å². The Bertz CT molecular complexity index is 803. The minimum atomic E-state index is -0.480. The van der Waals surface area contributed by atoms with E-state index in [1.54, 1.807) is 29.1 Å². The first-order valence-corrected chi connectivity index (χ1v) is 8.14. The molecule has 0 amide bonds. The van der Waals surface area contributed by atoms with E-state index in [9.17, 15) is 10.1 Å². The summed E-state index contributed by atoms with van der Waals surface area (Å²) >= 11 is 5.98. The van der Waals surface area contributed by atoms with Crippen molar-refractivity contribution < 1.29 is 9.53 Å². The van der Waals surface area contributed by atoms with Crippen LogP contribution in [0.2, 0.25) is 5.02 Å². The second-order valence-corrected chi connectivity index (χ2v) is 6.52.